The van der Waals surface area contributed by atoms with Gasteiger partial charge < -0.3 is 14.8 Å². The molecule has 0 bridgehead atoms. The Balaban J connectivity index is 2.01. The van der Waals surface area contributed by atoms with Gasteiger partial charge in [-0.15, -0.1) is 0 Å². The van der Waals surface area contributed by atoms with Crippen molar-refractivity contribution in [1.29, 1.82) is 0 Å². The quantitative estimate of drug-likeness (QED) is 0.899. The van der Waals surface area contributed by atoms with Gasteiger partial charge in [-0.05, 0) is 18.2 Å². The molecule has 1 N–H and O–H groups in total. The minimum absolute atomic E-state index is 0.0187. The zero-order valence-electron chi connectivity index (χ0n) is 11.4. The number of hydrogen-bond donors (Lipinski definition) is 1. The van der Waals surface area contributed by atoms with Crippen molar-refractivity contribution >= 4 is 17.4 Å². The first-order chi connectivity index (χ1) is 9.56. The maximum atomic E-state index is 11.8. The Labute approximate surface area is 116 Å². The van der Waals surface area contributed by atoms with Crippen LogP contribution in [0.25, 0.3) is 0 Å². The highest BCUT2D eigenvalue weighted by Gasteiger charge is 2.05. The van der Waals surface area contributed by atoms with Gasteiger partial charge in [0.15, 0.2) is 0 Å². The summed E-state index contributed by atoms with van der Waals surface area (Å²) in [5.41, 5.74) is 0.397. The Hall–Kier alpha value is -2.63. The number of amides is 1. The van der Waals surface area contributed by atoms with E-state index in [-0.39, 0.29) is 18.0 Å². The summed E-state index contributed by atoms with van der Waals surface area (Å²) in [6.45, 7) is -0.0187. The van der Waals surface area contributed by atoms with Crippen LogP contribution in [0.2, 0.25) is 0 Å². The molecule has 1 amide bonds. The largest absolute Gasteiger partial charge is 0.363 e. The second-order valence-corrected chi connectivity index (χ2v) is 4.51. The summed E-state index contributed by atoms with van der Waals surface area (Å²) in [7, 11) is 3.78. The topological polar surface area (TPSA) is 67.2 Å². The number of hydrogen-bond acceptors (Lipinski definition) is 4. The van der Waals surface area contributed by atoms with Crippen LogP contribution in [0.15, 0.2) is 47.5 Å². The maximum absolute atomic E-state index is 11.8. The zero-order chi connectivity index (χ0) is 14.5. The van der Waals surface area contributed by atoms with Crippen LogP contribution in [0, 0.1) is 0 Å². The molecular weight excluding hydrogens is 256 g/mol. The fourth-order valence-electron chi connectivity index (χ4n) is 1.67. The molecule has 0 aliphatic carbocycles. The van der Waals surface area contributed by atoms with Crippen molar-refractivity contribution in [3.63, 3.8) is 0 Å². The first-order valence-corrected chi connectivity index (χ1v) is 6.15. The molecule has 2 aromatic heterocycles. The van der Waals surface area contributed by atoms with Gasteiger partial charge in [0.25, 0.3) is 5.56 Å². The number of aromatic nitrogens is 2. The van der Waals surface area contributed by atoms with Crippen molar-refractivity contribution in [2.45, 2.75) is 6.54 Å². The van der Waals surface area contributed by atoms with Gasteiger partial charge in [-0.2, -0.15) is 0 Å². The number of nitrogens with zero attached hydrogens (tertiary/aromatic N) is 3. The molecule has 0 radical (unpaired) electrons. The van der Waals surface area contributed by atoms with E-state index in [4.69, 9.17) is 0 Å². The third-order valence-corrected chi connectivity index (χ3v) is 2.70. The zero-order valence-corrected chi connectivity index (χ0v) is 11.4. The predicted molar refractivity (Wildman–Crippen MR) is 77.9 cm³/mol. The van der Waals surface area contributed by atoms with Crippen molar-refractivity contribution in [2.75, 3.05) is 24.3 Å². The lowest BCUT2D eigenvalue weighted by Gasteiger charge is -2.12. The molecule has 0 fully saturated rings. The molecular formula is C14H16N4O2. The van der Waals surface area contributed by atoms with Crippen molar-refractivity contribution in [3.05, 3.63) is 53.1 Å². The van der Waals surface area contributed by atoms with E-state index in [1.165, 1.54) is 10.6 Å². The summed E-state index contributed by atoms with van der Waals surface area (Å²) >= 11 is 0. The van der Waals surface area contributed by atoms with Crippen LogP contribution in [0.5, 0.6) is 0 Å². The van der Waals surface area contributed by atoms with Crippen LogP contribution in [-0.2, 0) is 11.3 Å². The minimum Gasteiger partial charge on any atom is -0.363 e. The van der Waals surface area contributed by atoms with E-state index in [0.29, 0.717) is 5.69 Å². The Kier molecular flexibility index (Phi) is 4.14. The molecule has 0 saturated carbocycles. The van der Waals surface area contributed by atoms with Gasteiger partial charge in [0.2, 0.25) is 5.91 Å². The van der Waals surface area contributed by atoms with Gasteiger partial charge in [0.1, 0.15) is 12.4 Å². The summed E-state index contributed by atoms with van der Waals surface area (Å²) in [4.78, 5) is 29.4. The lowest BCUT2D eigenvalue weighted by molar-refractivity contribution is -0.116. The van der Waals surface area contributed by atoms with Gasteiger partial charge in [-0.3, -0.25) is 9.59 Å². The number of rotatable bonds is 4. The number of pyridine rings is 2. The van der Waals surface area contributed by atoms with Crippen molar-refractivity contribution in [3.8, 4) is 0 Å². The maximum Gasteiger partial charge on any atom is 0.250 e. The van der Waals surface area contributed by atoms with Crippen LogP contribution in [0.3, 0.4) is 0 Å². The summed E-state index contributed by atoms with van der Waals surface area (Å²) < 4.78 is 1.34. The molecule has 0 unspecified atom stereocenters. The highest BCUT2D eigenvalue weighted by Crippen LogP contribution is 2.11. The molecule has 6 nitrogen and oxygen atoms in total. The molecule has 2 aromatic rings. The number of anilines is 2. The number of carbonyl (C=O) groups is 1. The standard InChI is InChI=1S/C14H16N4O2/c1-17(2)12-7-6-11(9-15-12)16-13(19)10-18-8-4-3-5-14(18)20/h3-9H,10H2,1-2H3,(H,16,19). The molecule has 0 aliphatic heterocycles. The lowest BCUT2D eigenvalue weighted by Crippen LogP contribution is -2.26. The molecule has 20 heavy (non-hydrogen) atoms. The van der Waals surface area contributed by atoms with E-state index in [1.54, 1.807) is 30.6 Å². The summed E-state index contributed by atoms with van der Waals surface area (Å²) in [5, 5.41) is 2.70. The molecule has 2 heterocycles. The molecule has 6 heteroatoms. The van der Waals surface area contributed by atoms with Gasteiger partial charge in [0.05, 0.1) is 11.9 Å². The summed E-state index contributed by atoms with van der Waals surface area (Å²) in [5.74, 6) is 0.542. The molecule has 0 aromatic carbocycles. The van der Waals surface area contributed by atoms with Crippen LogP contribution in [0.4, 0.5) is 11.5 Å². The van der Waals surface area contributed by atoms with Crippen LogP contribution < -0.4 is 15.8 Å². The summed E-state index contributed by atoms with van der Waals surface area (Å²) in [6.07, 6.45) is 3.16. The average molecular weight is 272 g/mol. The number of nitrogens with one attached hydrogen (secondary N) is 1. The van der Waals surface area contributed by atoms with Crippen LogP contribution in [0.1, 0.15) is 0 Å². The second kappa shape index (κ2) is 6.01. The SMILES string of the molecule is CN(C)c1ccc(NC(=O)Cn2ccccc2=O)cn1. The molecule has 2 rings (SSSR count). The fraction of sp³-hybridized carbons (Fsp3) is 0.214. The van der Waals surface area contributed by atoms with E-state index in [2.05, 4.69) is 10.3 Å². The fourth-order valence-corrected chi connectivity index (χ4v) is 1.67. The van der Waals surface area contributed by atoms with E-state index < -0.39 is 0 Å². The third kappa shape index (κ3) is 3.44. The molecule has 0 spiro atoms. The van der Waals surface area contributed by atoms with Gasteiger partial charge in [0, 0.05) is 26.4 Å². The van der Waals surface area contributed by atoms with E-state index >= 15 is 0 Å². The smallest absolute Gasteiger partial charge is 0.250 e. The lowest BCUT2D eigenvalue weighted by atomic mass is 10.3. The van der Waals surface area contributed by atoms with Gasteiger partial charge in [-0.1, -0.05) is 6.07 Å². The van der Waals surface area contributed by atoms with E-state index in [9.17, 15) is 9.59 Å². The highest BCUT2D eigenvalue weighted by atomic mass is 16.2. The molecule has 0 aliphatic rings. The molecule has 0 atom stereocenters. The first kappa shape index (κ1) is 13.8. The average Bonchev–Trinajstić information content (AvgIpc) is 2.42. The van der Waals surface area contributed by atoms with E-state index in [1.807, 2.05) is 25.1 Å². The normalized spacial score (nSPS) is 10.1. The Morgan fingerprint density at radius 1 is 1.30 bits per heavy atom. The Morgan fingerprint density at radius 2 is 2.10 bits per heavy atom. The number of carbonyl (C=O) groups excluding carboxylic acids is 1. The van der Waals surface area contributed by atoms with Crippen molar-refractivity contribution in [2.24, 2.45) is 0 Å². The summed E-state index contributed by atoms with van der Waals surface area (Å²) in [6, 6.07) is 8.35. The van der Waals surface area contributed by atoms with Crippen molar-refractivity contribution in [1.82, 2.24) is 9.55 Å². The minimum atomic E-state index is -0.266. The third-order valence-electron chi connectivity index (χ3n) is 2.70. The van der Waals surface area contributed by atoms with Crippen LogP contribution in [-0.4, -0.2) is 29.6 Å². The van der Waals surface area contributed by atoms with Gasteiger partial charge in [-0.25, -0.2) is 4.98 Å². The molecule has 0 saturated heterocycles. The monoisotopic (exact) mass is 272 g/mol. The second-order valence-electron chi connectivity index (χ2n) is 4.51. The predicted octanol–water partition coefficient (Wildman–Crippen LogP) is 0.948. The molecule has 104 valence electrons. The Morgan fingerprint density at radius 3 is 2.70 bits per heavy atom. The van der Waals surface area contributed by atoms with Gasteiger partial charge >= 0.3 is 0 Å². The first-order valence-electron chi connectivity index (χ1n) is 6.15. The van der Waals surface area contributed by atoms with E-state index in [0.717, 1.165) is 5.82 Å². The Bertz CT molecular complexity index is 647. The van der Waals surface area contributed by atoms with Crippen LogP contribution >= 0.6 is 0 Å². The highest BCUT2D eigenvalue weighted by molar-refractivity contribution is 5.90. The van der Waals surface area contributed by atoms with Crippen molar-refractivity contribution < 1.29 is 4.79 Å².